The summed E-state index contributed by atoms with van der Waals surface area (Å²) < 4.78 is 3.63. The minimum atomic E-state index is 0.00379. The van der Waals surface area contributed by atoms with E-state index < -0.39 is 0 Å². The van der Waals surface area contributed by atoms with Crippen molar-refractivity contribution >= 4 is 11.7 Å². The summed E-state index contributed by atoms with van der Waals surface area (Å²) in [6, 6.07) is 2.16. The Morgan fingerprint density at radius 1 is 1.25 bits per heavy atom. The fourth-order valence-corrected chi connectivity index (χ4v) is 3.71. The summed E-state index contributed by atoms with van der Waals surface area (Å²) in [5, 5.41) is 11.8. The highest BCUT2D eigenvalue weighted by Gasteiger charge is 2.31. The highest BCUT2D eigenvalue weighted by atomic mass is 16.2. The molecule has 24 heavy (non-hydrogen) atoms. The van der Waals surface area contributed by atoms with E-state index in [1.54, 1.807) is 4.68 Å². The van der Waals surface area contributed by atoms with Gasteiger partial charge in [-0.3, -0.25) is 19.1 Å². The summed E-state index contributed by atoms with van der Waals surface area (Å²) in [6.07, 6.45) is 2.18. The van der Waals surface area contributed by atoms with Crippen molar-refractivity contribution in [1.82, 2.24) is 24.5 Å². The molecule has 1 atom stereocenters. The number of amides is 1. The van der Waals surface area contributed by atoms with Crippen LogP contribution in [0.5, 0.6) is 0 Å². The van der Waals surface area contributed by atoms with Crippen molar-refractivity contribution in [3.8, 4) is 0 Å². The van der Waals surface area contributed by atoms with Gasteiger partial charge in [0.05, 0.1) is 17.9 Å². The molecule has 0 radical (unpaired) electrons. The van der Waals surface area contributed by atoms with E-state index in [0.717, 1.165) is 36.6 Å². The van der Waals surface area contributed by atoms with Crippen LogP contribution in [0.15, 0.2) is 6.07 Å². The van der Waals surface area contributed by atoms with Gasteiger partial charge in [-0.1, -0.05) is 0 Å². The molecule has 1 fully saturated rings. The normalized spacial score (nSPS) is 18.3. The third-order valence-electron chi connectivity index (χ3n) is 4.88. The van der Waals surface area contributed by atoms with Crippen LogP contribution in [0.2, 0.25) is 0 Å². The first-order chi connectivity index (χ1) is 11.4. The zero-order valence-electron chi connectivity index (χ0n) is 15.1. The van der Waals surface area contributed by atoms with E-state index in [0.29, 0.717) is 6.54 Å². The van der Waals surface area contributed by atoms with Crippen LogP contribution >= 0.6 is 0 Å². The first kappa shape index (κ1) is 16.7. The predicted molar refractivity (Wildman–Crippen MR) is 92.8 cm³/mol. The van der Waals surface area contributed by atoms with Gasteiger partial charge in [-0.2, -0.15) is 10.2 Å². The van der Waals surface area contributed by atoms with Crippen LogP contribution in [0.25, 0.3) is 0 Å². The Kier molecular flexibility index (Phi) is 4.45. The Morgan fingerprint density at radius 2 is 2.00 bits per heavy atom. The number of nitrogens with one attached hydrogen (secondary N) is 1. The molecule has 0 aromatic carbocycles. The van der Waals surface area contributed by atoms with Crippen LogP contribution in [0, 0.1) is 20.8 Å². The average molecular weight is 330 g/mol. The lowest BCUT2D eigenvalue weighted by atomic mass is 10.0. The van der Waals surface area contributed by atoms with Crippen molar-refractivity contribution in [2.45, 2.75) is 39.7 Å². The minimum absolute atomic E-state index is 0.00379. The van der Waals surface area contributed by atoms with Gasteiger partial charge in [0.1, 0.15) is 5.82 Å². The maximum Gasteiger partial charge on any atom is 0.239 e. The number of rotatable bonds is 4. The van der Waals surface area contributed by atoms with Gasteiger partial charge >= 0.3 is 0 Å². The third kappa shape index (κ3) is 3.08. The van der Waals surface area contributed by atoms with E-state index in [2.05, 4.69) is 34.3 Å². The van der Waals surface area contributed by atoms with E-state index in [1.165, 1.54) is 11.3 Å². The Labute approximate surface area is 142 Å². The van der Waals surface area contributed by atoms with Gasteiger partial charge in [0.2, 0.25) is 5.91 Å². The van der Waals surface area contributed by atoms with Crippen LogP contribution in [0.3, 0.4) is 0 Å². The lowest BCUT2D eigenvalue weighted by molar-refractivity contribution is -0.117. The highest BCUT2D eigenvalue weighted by Crippen LogP contribution is 2.35. The number of carbonyl (C=O) groups excluding carboxylic acids is 1. The Bertz CT molecular complexity index is 759. The van der Waals surface area contributed by atoms with Crippen molar-refractivity contribution in [1.29, 1.82) is 0 Å². The number of carbonyl (C=O) groups is 1. The van der Waals surface area contributed by atoms with Gasteiger partial charge in [-0.05, 0) is 40.2 Å². The molecule has 0 aliphatic carbocycles. The summed E-state index contributed by atoms with van der Waals surface area (Å²) in [6.45, 7) is 7.40. The molecule has 0 unspecified atom stereocenters. The third-order valence-corrected chi connectivity index (χ3v) is 4.88. The van der Waals surface area contributed by atoms with Crippen molar-refractivity contribution in [2.24, 2.45) is 14.1 Å². The molecule has 3 heterocycles. The smallest absolute Gasteiger partial charge is 0.239 e. The average Bonchev–Trinajstić information content (AvgIpc) is 3.12. The molecule has 130 valence electrons. The quantitative estimate of drug-likeness (QED) is 0.929. The van der Waals surface area contributed by atoms with Crippen molar-refractivity contribution in [3.05, 3.63) is 28.7 Å². The number of nitrogens with zero attached hydrogens (tertiary/aromatic N) is 5. The molecule has 0 bridgehead atoms. The Morgan fingerprint density at radius 3 is 2.58 bits per heavy atom. The molecule has 7 nitrogen and oxygen atoms in total. The molecule has 7 heteroatoms. The van der Waals surface area contributed by atoms with E-state index in [-0.39, 0.29) is 11.9 Å². The summed E-state index contributed by atoms with van der Waals surface area (Å²) in [5.41, 5.74) is 4.43. The van der Waals surface area contributed by atoms with Gasteiger partial charge in [0, 0.05) is 37.5 Å². The molecule has 0 saturated carbocycles. The highest BCUT2D eigenvalue weighted by molar-refractivity contribution is 5.91. The Hall–Kier alpha value is -2.15. The lowest BCUT2D eigenvalue weighted by Crippen LogP contribution is -2.33. The summed E-state index contributed by atoms with van der Waals surface area (Å²) >= 11 is 0. The number of anilines is 1. The predicted octanol–water partition coefficient (Wildman–Crippen LogP) is 1.85. The van der Waals surface area contributed by atoms with Gasteiger partial charge in [-0.25, -0.2) is 0 Å². The van der Waals surface area contributed by atoms with Crippen molar-refractivity contribution in [2.75, 3.05) is 18.4 Å². The number of hydrogen-bond donors (Lipinski definition) is 1. The van der Waals surface area contributed by atoms with Crippen LogP contribution in [-0.2, 0) is 18.9 Å². The van der Waals surface area contributed by atoms with E-state index in [4.69, 9.17) is 0 Å². The maximum absolute atomic E-state index is 12.5. The SMILES string of the molecule is Cc1cc(NC(=O)CN2CCC[C@H]2c2c(C)nn(C)c2C)n(C)n1. The minimum Gasteiger partial charge on any atom is -0.310 e. The maximum atomic E-state index is 12.5. The van der Waals surface area contributed by atoms with Crippen molar-refractivity contribution in [3.63, 3.8) is 0 Å². The number of likely N-dealkylation sites (tertiary alicyclic amines) is 1. The van der Waals surface area contributed by atoms with Gasteiger partial charge < -0.3 is 5.32 Å². The summed E-state index contributed by atoms with van der Waals surface area (Å²) in [4.78, 5) is 14.7. The van der Waals surface area contributed by atoms with Crippen LogP contribution in [0.1, 0.15) is 41.5 Å². The van der Waals surface area contributed by atoms with Gasteiger partial charge in [-0.15, -0.1) is 0 Å². The lowest BCUT2D eigenvalue weighted by Gasteiger charge is -2.24. The van der Waals surface area contributed by atoms with Gasteiger partial charge in [0.25, 0.3) is 0 Å². The molecule has 1 N–H and O–H groups in total. The number of aryl methyl sites for hydroxylation is 4. The monoisotopic (exact) mass is 330 g/mol. The second-order valence-corrected chi connectivity index (χ2v) is 6.68. The zero-order valence-corrected chi connectivity index (χ0v) is 15.1. The molecule has 3 rings (SSSR count). The second kappa shape index (κ2) is 6.39. The van der Waals surface area contributed by atoms with Crippen LogP contribution in [-0.4, -0.2) is 43.5 Å². The zero-order chi connectivity index (χ0) is 17.4. The van der Waals surface area contributed by atoms with E-state index in [1.807, 2.05) is 31.8 Å². The van der Waals surface area contributed by atoms with E-state index in [9.17, 15) is 4.79 Å². The summed E-state index contributed by atoms with van der Waals surface area (Å²) in [5.74, 6) is 0.742. The molecule has 1 aliphatic rings. The standard InChI is InChI=1S/C17H26N6O/c1-11-9-15(22(5)19-11)18-16(24)10-23-8-6-7-14(23)17-12(2)20-21(4)13(17)3/h9,14H,6-8,10H2,1-5H3,(H,18,24)/t14-/m0/s1. The number of hydrogen-bond acceptors (Lipinski definition) is 4. The molecule has 0 spiro atoms. The van der Waals surface area contributed by atoms with Crippen LogP contribution in [0.4, 0.5) is 5.82 Å². The fraction of sp³-hybridized carbons (Fsp3) is 0.588. The van der Waals surface area contributed by atoms with Gasteiger partial charge in [0.15, 0.2) is 0 Å². The van der Waals surface area contributed by atoms with Crippen LogP contribution < -0.4 is 5.32 Å². The van der Waals surface area contributed by atoms with E-state index >= 15 is 0 Å². The largest absolute Gasteiger partial charge is 0.310 e. The molecule has 2 aromatic rings. The Balaban J connectivity index is 1.72. The van der Waals surface area contributed by atoms with Crippen molar-refractivity contribution < 1.29 is 4.79 Å². The fourth-order valence-electron chi connectivity index (χ4n) is 3.71. The molecule has 1 amide bonds. The molecule has 1 aliphatic heterocycles. The second-order valence-electron chi connectivity index (χ2n) is 6.68. The topological polar surface area (TPSA) is 68.0 Å². The number of aromatic nitrogens is 4. The first-order valence-electron chi connectivity index (χ1n) is 8.41. The molecule has 2 aromatic heterocycles. The first-order valence-corrected chi connectivity index (χ1v) is 8.41. The molecule has 1 saturated heterocycles. The summed E-state index contributed by atoms with van der Waals surface area (Å²) in [7, 11) is 3.81. The molecular weight excluding hydrogens is 304 g/mol. The molecular formula is C17H26N6O.